The van der Waals surface area contributed by atoms with Gasteiger partial charge in [0, 0.05) is 26.1 Å². The molecule has 8 heteroatoms. The molecule has 0 radical (unpaired) electrons. The molecule has 2 aromatic heterocycles. The van der Waals surface area contributed by atoms with Gasteiger partial charge in [0.05, 0.1) is 18.8 Å². The van der Waals surface area contributed by atoms with Gasteiger partial charge in [0.15, 0.2) is 17.5 Å². The Morgan fingerprint density at radius 2 is 2.08 bits per heavy atom. The van der Waals surface area contributed by atoms with Gasteiger partial charge in [-0.25, -0.2) is 0 Å². The highest BCUT2D eigenvalue weighted by Gasteiger charge is 2.15. The third-order valence-electron chi connectivity index (χ3n) is 4.42. The number of hydrogen-bond acceptors (Lipinski definition) is 5. The Kier molecular flexibility index (Phi) is 5.67. The SMILES string of the molecule is CN=C(NCc1cc(C(C)C)no1)NCc1nnc2n1CCCCC2. The standard InChI is InChI=1S/C17H27N7O/c1-12(2)14-9-13(25-23-14)10-19-17(18-3)20-11-16-22-21-15-7-5-4-6-8-24(15)16/h9,12H,4-8,10-11H2,1-3H3,(H2,18,19,20). The number of nitrogens with one attached hydrogen (secondary N) is 2. The largest absolute Gasteiger partial charge is 0.359 e. The summed E-state index contributed by atoms with van der Waals surface area (Å²) in [6, 6.07) is 1.98. The Hall–Kier alpha value is -2.38. The summed E-state index contributed by atoms with van der Waals surface area (Å²) in [6.07, 6.45) is 4.66. The van der Waals surface area contributed by atoms with Crippen LogP contribution in [0.3, 0.4) is 0 Å². The monoisotopic (exact) mass is 345 g/mol. The van der Waals surface area contributed by atoms with Crippen LogP contribution in [0, 0.1) is 0 Å². The molecule has 1 aliphatic rings. The van der Waals surface area contributed by atoms with E-state index in [4.69, 9.17) is 4.52 Å². The summed E-state index contributed by atoms with van der Waals surface area (Å²) >= 11 is 0. The number of fused-ring (bicyclic) bond motifs is 1. The van der Waals surface area contributed by atoms with Crippen LogP contribution in [0.25, 0.3) is 0 Å². The van der Waals surface area contributed by atoms with Gasteiger partial charge in [-0.3, -0.25) is 4.99 Å². The third-order valence-corrected chi connectivity index (χ3v) is 4.42. The molecule has 0 saturated heterocycles. The third kappa shape index (κ3) is 4.37. The maximum absolute atomic E-state index is 5.34. The lowest BCUT2D eigenvalue weighted by Crippen LogP contribution is -2.37. The molecule has 1 aliphatic heterocycles. The second-order valence-electron chi connectivity index (χ2n) is 6.65. The molecule has 0 amide bonds. The summed E-state index contributed by atoms with van der Waals surface area (Å²) in [6.45, 7) is 6.33. The molecule has 3 heterocycles. The van der Waals surface area contributed by atoms with Crippen LogP contribution in [0.15, 0.2) is 15.6 Å². The summed E-state index contributed by atoms with van der Waals surface area (Å²) < 4.78 is 7.57. The minimum Gasteiger partial charge on any atom is -0.359 e. The molecule has 0 aromatic carbocycles. The fourth-order valence-corrected chi connectivity index (χ4v) is 2.91. The van der Waals surface area contributed by atoms with Crippen LogP contribution in [0.4, 0.5) is 0 Å². The van der Waals surface area contributed by atoms with Crippen LogP contribution < -0.4 is 10.6 Å². The van der Waals surface area contributed by atoms with E-state index in [0.29, 0.717) is 25.0 Å². The molecule has 3 rings (SSSR count). The highest BCUT2D eigenvalue weighted by molar-refractivity contribution is 5.79. The van der Waals surface area contributed by atoms with Crippen LogP contribution in [0.5, 0.6) is 0 Å². The lowest BCUT2D eigenvalue weighted by atomic mass is 10.1. The van der Waals surface area contributed by atoms with Gasteiger partial charge in [-0.05, 0) is 18.8 Å². The van der Waals surface area contributed by atoms with E-state index in [0.717, 1.165) is 36.1 Å². The van der Waals surface area contributed by atoms with E-state index in [2.05, 4.69) is 49.4 Å². The number of rotatable bonds is 5. The van der Waals surface area contributed by atoms with Crippen LogP contribution >= 0.6 is 0 Å². The zero-order valence-electron chi connectivity index (χ0n) is 15.2. The highest BCUT2D eigenvalue weighted by atomic mass is 16.5. The van der Waals surface area contributed by atoms with Crippen molar-refractivity contribution in [2.45, 2.75) is 65.1 Å². The number of aryl methyl sites for hydroxylation is 1. The molecule has 0 aliphatic carbocycles. The zero-order chi connectivity index (χ0) is 17.6. The van der Waals surface area contributed by atoms with Gasteiger partial charge in [-0.15, -0.1) is 10.2 Å². The van der Waals surface area contributed by atoms with Crippen molar-refractivity contribution < 1.29 is 4.52 Å². The van der Waals surface area contributed by atoms with Crippen molar-refractivity contribution in [3.63, 3.8) is 0 Å². The van der Waals surface area contributed by atoms with Gasteiger partial charge in [-0.2, -0.15) is 0 Å². The molecule has 2 N–H and O–H groups in total. The molecule has 0 unspecified atom stereocenters. The summed E-state index contributed by atoms with van der Waals surface area (Å²) in [7, 11) is 1.75. The normalized spacial score (nSPS) is 15.1. The van der Waals surface area contributed by atoms with E-state index in [1.54, 1.807) is 7.05 Å². The lowest BCUT2D eigenvalue weighted by molar-refractivity contribution is 0.372. The Morgan fingerprint density at radius 1 is 1.24 bits per heavy atom. The second kappa shape index (κ2) is 8.13. The summed E-state index contributed by atoms with van der Waals surface area (Å²) in [5.41, 5.74) is 0.964. The van der Waals surface area contributed by atoms with E-state index < -0.39 is 0 Å². The Bertz CT molecular complexity index is 716. The van der Waals surface area contributed by atoms with Gasteiger partial charge >= 0.3 is 0 Å². The van der Waals surface area contributed by atoms with Crippen molar-refractivity contribution in [1.82, 2.24) is 30.6 Å². The zero-order valence-corrected chi connectivity index (χ0v) is 15.2. The van der Waals surface area contributed by atoms with E-state index >= 15 is 0 Å². The Labute approximate surface area is 148 Å². The van der Waals surface area contributed by atoms with Crippen molar-refractivity contribution in [3.05, 3.63) is 29.2 Å². The quantitative estimate of drug-likeness (QED) is 0.636. The van der Waals surface area contributed by atoms with Crippen molar-refractivity contribution >= 4 is 5.96 Å². The average Bonchev–Trinajstić information content (AvgIpc) is 3.16. The first-order chi connectivity index (χ1) is 12.2. The molecule has 0 spiro atoms. The van der Waals surface area contributed by atoms with Crippen LogP contribution in [0.2, 0.25) is 0 Å². The number of aliphatic imine (C=N–C) groups is 1. The first-order valence-electron chi connectivity index (χ1n) is 8.98. The average molecular weight is 345 g/mol. The number of hydrogen-bond donors (Lipinski definition) is 2. The summed E-state index contributed by atoms with van der Waals surface area (Å²) in [5, 5.41) is 19.3. The van der Waals surface area contributed by atoms with E-state index in [1.165, 1.54) is 19.3 Å². The lowest BCUT2D eigenvalue weighted by Gasteiger charge is -2.11. The maximum Gasteiger partial charge on any atom is 0.191 e. The molecule has 0 fully saturated rings. The first-order valence-corrected chi connectivity index (χ1v) is 8.98. The number of nitrogens with zero attached hydrogens (tertiary/aromatic N) is 5. The number of aromatic nitrogens is 4. The minimum atomic E-state index is 0.359. The molecule has 0 atom stereocenters. The smallest absolute Gasteiger partial charge is 0.191 e. The van der Waals surface area contributed by atoms with Crippen molar-refractivity contribution in [2.24, 2.45) is 4.99 Å². The fraction of sp³-hybridized carbons (Fsp3) is 0.647. The predicted molar refractivity (Wildman–Crippen MR) is 95.2 cm³/mol. The summed E-state index contributed by atoms with van der Waals surface area (Å²) in [5.74, 6) is 3.91. The van der Waals surface area contributed by atoms with Crippen molar-refractivity contribution in [2.75, 3.05) is 7.05 Å². The fourth-order valence-electron chi connectivity index (χ4n) is 2.91. The van der Waals surface area contributed by atoms with Crippen LogP contribution in [-0.4, -0.2) is 32.9 Å². The van der Waals surface area contributed by atoms with E-state index in [1.807, 2.05) is 6.07 Å². The molecule has 2 aromatic rings. The Balaban J connectivity index is 1.53. The van der Waals surface area contributed by atoms with Gasteiger partial charge in [-0.1, -0.05) is 25.4 Å². The molecule has 0 bridgehead atoms. The summed E-state index contributed by atoms with van der Waals surface area (Å²) in [4.78, 5) is 4.25. The van der Waals surface area contributed by atoms with E-state index in [9.17, 15) is 0 Å². The van der Waals surface area contributed by atoms with Gasteiger partial charge in [0.25, 0.3) is 0 Å². The topological polar surface area (TPSA) is 93.2 Å². The predicted octanol–water partition coefficient (Wildman–Crippen LogP) is 1.98. The second-order valence-corrected chi connectivity index (χ2v) is 6.65. The van der Waals surface area contributed by atoms with Gasteiger partial charge in [0.1, 0.15) is 5.82 Å². The molecule has 0 saturated carbocycles. The molecular formula is C17H27N7O. The Morgan fingerprint density at radius 3 is 2.84 bits per heavy atom. The van der Waals surface area contributed by atoms with Crippen molar-refractivity contribution in [1.29, 1.82) is 0 Å². The molecule has 136 valence electrons. The highest BCUT2D eigenvalue weighted by Crippen LogP contribution is 2.15. The van der Waals surface area contributed by atoms with E-state index in [-0.39, 0.29) is 0 Å². The van der Waals surface area contributed by atoms with Gasteiger partial charge < -0.3 is 19.7 Å². The van der Waals surface area contributed by atoms with Gasteiger partial charge in [0.2, 0.25) is 0 Å². The van der Waals surface area contributed by atoms with Crippen molar-refractivity contribution in [3.8, 4) is 0 Å². The number of guanidine groups is 1. The molecule has 8 nitrogen and oxygen atoms in total. The minimum absolute atomic E-state index is 0.359. The molecule has 25 heavy (non-hydrogen) atoms. The van der Waals surface area contributed by atoms with Crippen LogP contribution in [-0.2, 0) is 26.1 Å². The molecular weight excluding hydrogens is 318 g/mol. The first kappa shape index (κ1) is 17.4. The van der Waals surface area contributed by atoms with Crippen LogP contribution in [0.1, 0.15) is 62.1 Å². The maximum atomic E-state index is 5.34.